The fourth-order valence-corrected chi connectivity index (χ4v) is 2.88. The number of fused-ring (bicyclic) bond motifs is 1. The zero-order chi connectivity index (χ0) is 15.1. The molecule has 0 radical (unpaired) electrons. The zero-order valence-electron chi connectivity index (χ0n) is 11.6. The average Bonchev–Trinajstić information content (AvgIpc) is 2.77. The summed E-state index contributed by atoms with van der Waals surface area (Å²) in [7, 11) is 0. The maximum atomic E-state index is 11.1. The van der Waals surface area contributed by atoms with Gasteiger partial charge in [0.05, 0.1) is 22.3 Å². The lowest BCUT2D eigenvalue weighted by atomic mass is 10.2. The van der Waals surface area contributed by atoms with E-state index in [4.69, 9.17) is 5.11 Å². The molecule has 1 aromatic heterocycles. The van der Waals surface area contributed by atoms with Crippen molar-refractivity contribution in [2.45, 2.75) is 13.8 Å². The Labute approximate surface area is 130 Å². The van der Waals surface area contributed by atoms with Crippen molar-refractivity contribution < 1.29 is 9.90 Å². The molecule has 0 saturated carbocycles. The molecule has 0 bridgehead atoms. The summed E-state index contributed by atoms with van der Waals surface area (Å²) >= 11 is 3.62. The Balaban J connectivity index is 2.30. The number of rotatable bonds is 2. The molecule has 0 aliphatic heterocycles. The van der Waals surface area contributed by atoms with Crippen LogP contribution in [-0.2, 0) is 0 Å². The molecule has 4 nitrogen and oxygen atoms in total. The van der Waals surface area contributed by atoms with Gasteiger partial charge >= 0.3 is 5.97 Å². The molecular weight excluding hydrogens is 332 g/mol. The summed E-state index contributed by atoms with van der Waals surface area (Å²) in [5, 5.41) is 9.08. The number of hydrogen-bond acceptors (Lipinski definition) is 2. The molecule has 1 N–H and O–H groups in total. The first-order chi connectivity index (χ1) is 9.99. The minimum atomic E-state index is -0.944. The third-order valence-electron chi connectivity index (χ3n) is 3.48. The van der Waals surface area contributed by atoms with Crippen LogP contribution in [0.1, 0.15) is 21.7 Å². The summed E-state index contributed by atoms with van der Waals surface area (Å²) in [6, 6.07) is 11.0. The average molecular weight is 345 g/mol. The second kappa shape index (κ2) is 5.00. The summed E-state index contributed by atoms with van der Waals surface area (Å²) in [5.74, 6) is -0.125. The van der Waals surface area contributed by atoms with Crippen LogP contribution in [0.5, 0.6) is 0 Å². The van der Waals surface area contributed by atoms with Crippen LogP contribution in [0.15, 0.2) is 40.9 Å². The van der Waals surface area contributed by atoms with Crippen LogP contribution in [-0.4, -0.2) is 20.6 Å². The van der Waals surface area contributed by atoms with Crippen LogP contribution in [0.4, 0.5) is 0 Å². The highest BCUT2D eigenvalue weighted by Crippen LogP contribution is 2.29. The molecule has 106 valence electrons. The molecule has 0 atom stereocenters. The first kappa shape index (κ1) is 13.8. The van der Waals surface area contributed by atoms with Crippen molar-refractivity contribution in [1.82, 2.24) is 9.55 Å². The van der Waals surface area contributed by atoms with Crippen molar-refractivity contribution in [3.05, 3.63) is 57.8 Å². The molecular formula is C16H13BrN2O2. The highest BCUT2D eigenvalue weighted by Gasteiger charge is 2.14. The maximum absolute atomic E-state index is 11.1. The van der Waals surface area contributed by atoms with E-state index >= 15 is 0 Å². The molecule has 2 aromatic carbocycles. The number of nitrogens with zero attached hydrogens (tertiary/aromatic N) is 2. The highest BCUT2D eigenvalue weighted by molar-refractivity contribution is 9.10. The molecule has 3 rings (SSSR count). The van der Waals surface area contributed by atoms with Gasteiger partial charge in [-0.25, -0.2) is 9.78 Å². The number of benzene rings is 2. The molecule has 0 aliphatic rings. The minimum Gasteiger partial charge on any atom is -0.478 e. The Bertz CT molecular complexity index is 868. The van der Waals surface area contributed by atoms with Gasteiger partial charge < -0.3 is 5.11 Å². The van der Waals surface area contributed by atoms with Gasteiger partial charge in [0.25, 0.3) is 0 Å². The van der Waals surface area contributed by atoms with Crippen LogP contribution in [0.2, 0.25) is 0 Å². The Hall–Kier alpha value is -2.14. The monoisotopic (exact) mass is 344 g/mol. The van der Waals surface area contributed by atoms with E-state index in [-0.39, 0.29) is 5.56 Å². The van der Waals surface area contributed by atoms with Gasteiger partial charge in [-0.15, -0.1) is 0 Å². The lowest BCUT2D eigenvalue weighted by Crippen LogP contribution is -1.99. The lowest BCUT2D eigenvalue weighted by Gasteiger charge is -2.11. The number of imidazole rings is 1. The number of carboxylic acids is 1. The summed E-state index contributed by atoms with van der Waals surface area (Å²) in [6.45, 7) is 3.94. The predicted octanol–water partition coefficient (Wildman–Crippen LogP) is 4.10. The van der Waals surface area contributed by atoms with Gasteiger partial charge in [-0.05, 0) is 59.6 Å². The lowest BCUT2D eigenvalue weighted by molar-refractivity contribution is 0.0697. The highest BCUT2D eigenvalue weighted by atomic mass is 79.9. The SMILES string of the molecule is Cc1cccc(-n2c(C)nc3cc(C(=O)O)ccc32)c1Br. The van der Waals surface area contributed by atoms with E-state index in [9.17, 15) is 4.79 Å². The van der Waals surface area contributed by atoms with E-state index in [0.717, 1.165) is 27.1 Å². The molecule has 3 aromatic rings. The van der Waals surface area contributed by atoms with Gasteiger partial charge in [0, 0.05) is 4.47 Å². The number of hydrogen-bond donors (Lipinski definition) is 1. The Morgan fingerprint density at radius 2 is 2.00 bits per heavy atom. The largest absolute Gasteiger partial charge is 0.478 e. The zero-order valence-corrected chi connectivity index (χ0v) is 13.2. The van der Waals surface area contributed by atoms with E-state index in [0.29, 0.717) is 5.52 Å². The normalized spacial score (nSPS) is 11.0. The number of aromatic nitrogens is 2. The molecule has 0 spiro atoms. The van der Waals surface area contributed by atoms with E-state index in [1.54, 1.807) is 18.2 Å². The van der Waals surface area contributed by atoms with E-state index in [1.807, 2.05) is 36.6 Å². The van der Waals surface area contributed by atoms with Crippen molar-refractivity contribution in [1.29, 1.82) is 0 Å². The molecule has 0 aliphatic carbocycles. The number of carbonyl (C=O) groups is 1. The quantitative estimate of drug-likeness (QED) is 0.761. The number of aromatic carboxylic acids is 1. The first-order valence-corrected chi connectivity index (χ1v) is 7.26. The van der Waals surface area contributed by atoms with Gasteiger partial charge in [0.1, 0.15) is 5.82 Å². The predicted molar refractivity (Wildman–Crippen MR) is 85.2 cm³/mol. The summed E-state index contributed by atoms with van der Waals surface area (Å²) in [4.78, 5) is 15.5. The molecule has 0 fully saturated rings. The molecule has 0 amide bonds. The van der Waals surface area contributed by atoms with Gasteiger partial charge in [-0.2, -0.15) is 0 Å². The second-order valence-corrected chi connectivity index (χ2v) is 5.70. The van der Waals surface area contributed by atoms with Crippen molar-refractivity contribution in [2.75, 3.05) is 0 Å². The molecule has 5 heteroatoms. The van der Waals surface area contributed by atoms with Crippen molar-refractivity contribution >= 4 is 32.9 Å². The van der Waals surface area contributed by atoms with Crippen LogP contribution >= 0.6 is 15.9 Å². The molecule has 0 unspecified atom stereocenters. The minimum absolute atomic E-state index is 0.246. The van der Waals surface area contributed by atoms with Crippen LogP contribution < -0.4 is 0 Å². The summed E-state index contributed by atoms with van der Waals surface area (Å²) < 4.78 is 3.03. The van der Waals surface area contributed by atoms with Gasteiger partial charge in [-0.3, -0.25) is 4.57 Å². The number of carboxylic acid groups (broad SMARTS) is 1. The molecule has 1 heterocycles. The standard InChI is InChI=1S/C16H13BrN2O2/c1-9-4-3-5-14(15(9)17)19-10(2)18-12-8-11(16(20)21)6-7-13(12)19/h3-8H,1-2H3,(H,20,21). The van der Waals surface area contributed by atoms with Crippen molar-refractivity contribution in [3.63, 3.8) is 0 Å². The Kier molecular flexibility index (Phi) is 3.29. The van der Waals surface area contributed by atoms with E-state index in [1.165, 1.54) is 0 Å². The van der Waals surface area contributed by atoms with Crippen LogP contribution in [0.3, 0.4) is 0 Å². The van der Waals surface area contributed by atoms with Gasteiger partial charge in [0.2, 0.25) is 0 Å². The maximum Gasteiger partial charge on any atom is 0.335 e. The fourth-order valence-electron chi connectivity index (χ4n) is 2.44. The van der Waals surface area contributed by atoms with E-state index < -0.39 is 5.97 Å². The van der Waals surface area contributed by atoms with E-state index in [2.05, 4.69) is 20.9 Å². The van der Waals surface area contributed by atoms with Crippen molar-refractivity contribution in [2.24, 2.45) is 0 Å². The number of aryl methyl sites for hydroxylation is 2. The van der Waals surface area contributed by atoms with Crippen molar-refractivity contribution in [3.8, 4) is 5.69 Å². The summed E-state index contributed by atoms with van der Waals surface area (Å²) in [6.07, 6.45) is 0. The first-order valence-electron chi connectivity index (χ1n) is 6.47. The topological polar surface area (TPSA) is 55.1 Å². The fraction of sp³-hybridized carbons (Fsp3) is 0.125. The smallest absolute Gasteiger partial charge is 0.335 e. The summed E-state index contributed by atoms with van der Waals surface area (Å²) in [5.41, 5.74) is 3.95. The van der Waals surface area contributed by atoms with Crippen LogP contribution in [0, 0.1) is 13.8 Å². The van der Waals surface area contributed by atoms with Gasteiger partial charge in [0.15, 0.2) is 0 Å². The van der Waals surface area contributed by atoms with Crippen LogP contribution in [0.25, 0.3) is 16.7 Å². The third-order valence-corrected chi connectivity index (χ3v) is 4.51. The Morgan fingerprint density at radius 3 is 2.71 bits per heavy atom. The molecule has 0 saturated heterocycles. The number of halogens is 1. The second-order valence-electron chi connectivity index (χ2n) is 4.91. The molecule has 21 heavy (non-hydrogen) atoms. The Morgan fingerprint density at radius 1 is 1.24 bits per heavy atom. The van der Waals surface area contributed by atoms with Gasteiger partial charge in [-0.1, -0.05) is 12.1 Å². The third kappa shape index (κ3) is 2.23.